The van der Waals surface area contributed by atoms with E-state index in [4.69, 9.17) is 11.6 Å². The Morgan fingerprint density at radius 1 is 1.04 bits per heavy atom. The Labute approximate surface area is 166 Å². The summed E-state index contributed by atoms with van der Waals surface area (Å²) in [5.41, 5.74) is 2.64. The molecule has 0 unspecified atom stereocenters. The molecule has 3 rings (SSSR count). The first-order chi connectivity index (χ1) is 13.0. The highest BCUT2D eigenvalue weighted by Crippen LogP contribution is 2.27. The maximum atomic E-state index is 12.1. The monoisotopic (exact) mass is 401 g/mol. The maximum Gasteiger partial charge on any atom is 0.226 e. The number of fused-ring (bicyclic) bond motifs is 1. The van der Waals surface area contributed by atoms with E-state index in [1.165, 1.54) is 11.3 Å². The molecule has 0 radical (unpaired) electrons. The molecule has 0 saturated carbocycles. The Morgan fingerprint density at radius 3 is 2.52 bits per heavy atom. The van der Waals surface area contributed by atoms with E-state index in [0.29, 0.717) is 29.4 Å². The van der Waals surface area contributed by atoms with Gasteiger partial charge in [0, 0.05) is 23.6 Å². The number of halogens is 1. The fourth-order valence-corrected chi connectivity index (χ4v) is 3.67. The second-order valence-corrected chi connectivity index (χ2v) is 7.64. The second-order valence-electron chi connectivity index (χ2n) is 6.17. The van der Waals surface area contributed by atoms with Crippen LogP contribution in [0.1, 0.15) is 31.7 Å². The minimum atomic E-state index is -0.0470. The van der Waals surface area contributed by atoms with Crippen LogP contribution in [0.15, 0.2) is 42.5 Å². The third-order valence-corrected chi connectivity index (χ3v) is 5.13. The van der Waals surface area contributed by atoms with Gasteiger partial charge in [-0.05, 0) is 54.8 Å². The number of rotatable bonds is 7. The van der Waals surface area contributed by atoms with Gasteiger partial charge in [-0.2, -0.15) is 0 Å². The number of hydrogen-bond donors (Lipinski definition) is 2. The van der Waals surface area contributed by atoms with Gasteiger partial charge in [-0.1, -0.05) is 35.9 Å². The number of anilines is 2. The van der Waals surface area contributed by atoms with E-state index in [-0.39, 0.29) is 11.8 Å². The number of benzene rings is 2. The van der Waals surface area contributed by atoms with Crippen molar-refractivity contribution in [3.63, 3.8) is 0 Å². The van der Waals surface area contributed by atoms with Gasteiger partial charge in [0.05, 0.1) is 10.2 Å². The van der Waals surface area contributed by atoms with Gasteiger partial charge in [0.25, 0.3) is 0 Å². The molecular weight excluding hydrogens is 382 g/mol. The van der Waals surface area contributed by atoms with Crippen molar-refractivity contribution in [1.82, 2.24) is 4.98 Å². The van der Waals surface area contributed by atoms with Crippen molar-refractivity contribution in [2.45, 2.75) is 32.6 Å². The maximum absolute atomic E-state index is 12.1. The summed E-state index contributed by atoms with van der Waals surface area (Å²) >= 11 is 7.29. The van der Waals surface area contributed by atoms with Crippen LogP contribution in [-0.2, 0) is 16.0 Å². The molecule has 0 spiro atoms. The Balaban J connectivity index is 1.59. The van der Waals surface area contributed by atoms with Gasteiger partial charge < -0.3 is 10.6 Å². The molecule has 1 aromatic heterocycles. The minimum Gasteiger partial charge on any atom is -0.326 e. The predicted octanol–water partition coefficient (Wildman–Crippen LogP) is 5.26. The molecule has 2 aromatic carbocycles. The molecule has 0 aliphatic carbocycles. The molecule has 2 amide bonds. The van der Waals surface area contributed by atoms with E-state index in [2.05, 4.69) is 15.6 Å². The lowest BCUT2D eigenvalue weighted by Crippen LogP contribution is -2.12. The average molecular weight is 402 g/mol. The number of amides is 2. The lowest BCUT2D eigenvalue weighted by atomic mass is 10.1. The number of nitrogens with one attached hydrogen (secondary N) is 2. The minimum absolute atomic E-state index is 0.0179. The lowest BCUT2D eigenvalue weighted by molar-refractivity contribution is -0.117. The van der Waals surface area contributed by atoms with Crippen LogP contribution in [0.4, 0.5) is 10.8 Å². The van der Waals surface area contributed by atoms with Crippen molar-refractivity contribution >= 4 is 55.8 Å². The van der Waals surface area contributed by atoms with Crippen LogP contribution >= 0.6 is 22.9 Å². The number of thiazole rings is 1. The third-order valence-electron chi connectivity index (χ3n) is 3.94. The van der Waals surface area contributed by atoms with Gasteiger partial charge in [0.1, 0.15) is 0 Å². The van der Waals surface area contributed by atoms with E-state index in [1.54, 1.807) is 24.3 Å². The quantitative estimate of drug-likeness (QED) is 0.567. The summed E-state index contributed by atoms with van der Waals surface area (Å²) < 4.78 is 0.998. The topological polar surface area (TPSA) is 71.1 Å². The molecule has 1 heterocycles. The van der Waals surface area contributed by atoms with E-state index >= 15 is 0 Å². The van der Waals surface area contributed by atoms with Crippen LogP contribution in [0.25, 0.3) is 10.2 Å². The van der Waals surface area contributed by atoms with E-state index in [1.807, 2.05) is 25.1 Å². The Hall–Kier alpha value is -2.44. The first-order valence-electron chi connectivity index (χ1n) is 8.78. The van der Waals surface area contributed by atoms with Crippen molar-refractivity contribution < 1.29 is 9.59 Å². The molecule has 0 aliphatic heterocycles. The van der Waals surface area contributed by atoms with Crippen LogP contribution in [-0.4, -0.2) is 16.8 Å². The molecule has 27 heavy (non-hydrogen) atoms. The highest BCUT2D eigenvalue weighted by Gasteiger charge is 2.09. The number of carbonyl (C=O) groups is 2. The summed E-state index contributed by atoms with van der Waals surface area (Å²) in [6.45, 7) is 1.97. The Morgan fingerprint density at radius 2 is 1.78 bits per heavy atom. The molecule has 0 fully saturated rings. The second kappa shape index (κ2) is 8.97. The zero-order chi connectivity index (χ0) is 19.2. The number of aryl methyl sites for hydroxylation is 1. The summed E-state index contributed by atoms with van der Waals surface area (Å²) in [6, 6.07) is 13.0. The predicted molar refractivity (Wildman–Crippen MR) is 112 cm³/mol. The van der Waals surface area contributed by atoms with Gasteiger partial charge >= 0.3 is 0 Å². The molecule has 0 saturated heterocycles. The SMILES string of the molecule is CCCC(=O)Nc1nc2ccc(CCC(=O)Nc3ccc(Cl)cc3)cc2s1. The number of hydrogen-bond acceptors (Lipinski definition) is 4. The highest BCUT2D eigenvalue weighted by atomic mass is 35.5. The first kappa shape index (κ1) is 19.3. The molecule has 0 atom stereocenters. The first-order valence-corrected chi connectivity index (χ1v) is 9.97. The van der Waals surface area contributed by atoms with E-state index in [9.17, 15) is 9.59 Å². The number of carbonyl (C=O) groups excluding carboxylic acids is 2. The van der Waals surface area contributed by atoms with Crippen molar-refractivity contribution in [1.29, 1.82) is 0 Å². The van der Waals surface area contributed by atoms with Crippen LogP contribution < -0.4 is 10.6 Å². The Bertz CT molecular complexity index is 954. The van der Waals surface area contributed by atoms with Crippen LogP contribution in [0.2, 0.25) is 5.02 Å². The highest BCUT2D eigenvalue weighted by molar-refractivity contribution is 7.22. The molecule has 0 bridgehead atoms. The fraction of sp³-hybridized carbons (Fsp3) is 0.250. The van der Waals surface area contributed by atoms with E-state index in [0.717, 1.165) is 27.9 Å². The molecule has 0 aliphatic rings. The largest absolute Gasteiger partial charge is 0.326 e. The number of aromatic nitrogens is 1. The van der Waals surface area contributed by atoms with Gasteiger partial charge in [0.2, 0.25) is 11.8 Å². The normalized spacial score (nSPS) is 10.7. The summed E-state index contributed by atoms with van der Waals surface area (Å²) in [7, 11) is 0. The zero-order valence-corrected chi connectivity index (χ0v) is 16.5. The van der Waals surface area contributed by atoms with Crippen LogP contribution in [0.5, 0.6) is 0 Å². The molecule has 140 valence electrons. The van der Waals surface area contributed by atoms with Gasteiger partial charge in [0.15, 0.2) is 5.13 Å². The summed E-state index contributed by atoms with van der Waals surface area (Å²) in [6.07, 6.45) is 2.31. The third kappa shape index (κ3) is 5.52. The Kier molecular flexibility index (Phi) is 6.42. The standard InChI is InChI=1S/C20H20ClN3O2S/c1-2-3-18(25)24-20-23-16-10-4-13(12-17(16)27-20)5-11-19(26)22-15-8-6-14(21)7-9-15/h4,6-10,12H,2-3,5,11H2,1H3,(H,22,26)(H,23,24,25). The fourth-order valence-electron chi connectivity index (χ4n) is 2.60. The van der Waals surface area contributed by atoms with Crippen molar-refractivity contribution in [2.24, 2.45) is 0 Å². The van der Waals surface area contributed by atoms with Gasteiger partial charge in [-0.25, -0.2) is 4.98 Å². The molecule has 7 heteroatoms. The summed E-state index contributed by atoms with van der Waals surface area (Å²) in [4.78, 5) is 28.3. The van der Waals surface area contributed by atoms with Gasteiger partial charge in [-0.3, -0.25) is 9.59 Å². The lowest BCUT2D eigenvalue weighted by Gasteiger charge is -2.05. The average Bonchev–Trinajstić information content (AvgIpc) is 3.03. The van der Waals surface area contributed by atoms with Crippen LogP contribution in [0, 0.1) is 0 Å². The van der Waals surface area contributed by atoms with Crippen molar-refractivity contribution in [3.05, 3.63) is 53.1 Å². The smallest absolute Gasteiger partial charge is 0.226 e. The van der Waals surface area contributed by atoms with Crippen molar-refractivity contribution in [3.8, 4) is 0 Å². The van der Waals surface area contributed by atoms with E-state index < -0.39 is 0 Å². The molecule has 3 aromatic rings. The zero-order valence-electron chi connectivity index (χ0n) is 14.9. The molecule has 5 nitrogen and oxygen atoms in total. The number of nitrogens with zero attached hydrogens (tertiary/aromatic N) is 1. The molecular formula is C20H20ClN3O2S. The summed E-state index contributed by atoms with van der Waals surface area (Å²) in [5.74, 6) is -0.0649. The summed E-state index contributed by atoms with van der Waals surface area (Å²) in [5, 5.41) is 6.93. The van der Waals surface area contributed by atoms with Crippen LogP contribution in [0.3, 0.4) is 0 Å². The van der Waals surface area contributed by atoms with Gasteiger partial charge in [-0.15, -0.1) is 0 Å². The molecule has 2 N–H and O–H groups in total. The van der Waals surface area contributed by atoms with Crippen molar-refractivity contribution in [2.75, 3.05) is 10.6 Å².